The van der Waals surface area contributed by atoms with E-state index in [1.807, 2.05) is 0 Å². The highest BCUT2D eigenvalue weighted by molar-refractivity contribution is 7.52. The van der Waals surface area contributed by atoms with Gasteiger partial charge in [-0.2, -0.15) is 0 Å². The normalized spacial score (nSPS) is 20.3. The summed E-state index contributed by atoms with van der Waals surface area (Å²) in [7, 11) is -4.15. The first-order valence-electron chi connectivity index (χ1n) is 19.0. The molecule has 262 valence electrons. The summed E-state index contributed by atoms with van der Waals surface area (Å²) in [6.07, 6.45) is 14.8. The van der Waals surface area contributed by atoms with Crippen LogP contribution in [0.3, 0.4) is 0 Å². The monoisotopic (exact) mass is 687 g/mol. The van der Waals surface area contributed by atoms with Crippen LogP contribution < -0.4 is 14.6 Å². The Morgan fingerprint density at radius 1 is 0.800 bits per heavy atom. The fourth-order valence-corrected chi connectivity index (χ4v) is 9.27. The summed E-state index contributed by atoms with van der Waals surface area (Å²) in [6.45, 7) is 15.6. The fourth-order valence-electron chi connectivity index (χ4n) is 8.34. The van der Waals surface area contributed by atoms with E-state index < -0.39 is 7.75 Å². The lowest BCUT2D eigenvalue weighted by Crippen LogP contribution is -2.19. The van der Waals surface area contributed by atoms with E-state index in [0.29, 0.717) is 11.5 Å². The van der Waals surface area contributed by atoms with Crippen molar-refractivity contribution in [1.29, 1.82) is 0 Å². The molecule has 0 spiro atoms. The Morgan fingerprint density at radius 3 is 2.00 bits per heavy atom. The van der Waals surface area contributed by atoms with Crippen molar-refractivity contribution in [2.24, 2.45) is 11.4 Å². The van der Waals surface area contributed by atoms with Crippen molar-refractivity contribution in [3.8, 4) is 22.6 Å². The van der Waals surface area contributed by atoms with Crippen molar-refractivity contribution >= 4 is 34.9 Å². The maximum absolute atomic E-state index is 14.7. The van der Waals surface area contributed by atoms with Crippen LogP contribution >= 0.6 is 7.75 Å². The zero-order valence-corrected chi connectivity index (χ0v) is 32.0. The molecule has 0 saturated carbocycles. The topological polar surface area (TPSA) is 61.5 Å². The van der Waals surface area contributed by atoms with Crippen LogP contribution in [0.15, 0.2) is 101 Å². The lowest BCUT2D eigenvalue weighted by molar-refractivity contribution is 0.387. The van der Waals surface area contributed by atoms with Crippen molar-refractivity contribution in [2.75, 3.05) is 0 Å². The Labute approximate surface area is 299 Å². The predicted octanol–water partition coefficient (Wildman–Crippen LogP) is 14.0. The highest BCUT2D eigenvalue weighted by Crippen LogP contribution is 2.61. The van der Waals surface area contributed by atoms with Crippen molar-refractivity contribution in [3.05, 3.63) is 112 Å². The molecule has 0 amide bonds. The van der Waals surface area contributed by atoms with E-state index in [2.05, 4.69) is 127 Å². The number of unbranched alkanes of at least 4 members (excludes halogenated alkanes) is 1. The standard InChI is InChI=1S/C45H54NO3P/c1-8-15-20-31(12-5)40(30(10-3)11-4)38-27-34-21-16-18-23-36(34)42-43-37-24-19-17-22-35(37)28-39(45(43)49-50(46,47)48-44(38)42)41-32(13-6)25-29(9-2)26-33(41)14-7/h16-28,32,41H,8-15H2,1-7H3,(H2,46,47). The highest BCUT2D eigenvalue weighted by atomic mass is 31.2. The number of hydrogen-bond donors (Lipinski definition) is 1. The van der Waals surface area contributed by atoms with E-state index in [0.717, 1.165) is 95.2 Å². The van der Waals surface area contributed by atoms with Crippen molar-refractivity contribution in [3.63, 3.8) is 0 Å². The largest absolute Gasteiger partial charge is 0.510 e. The van der Waals surface area contributed by atoms with Crippen LogP contribution in [0, 0.1) is 5.92 Å². The molecular formula is C45H54NO3P. The molecule has 1 heterocycles. The molecule has 0 saturated heterocycles. The summed E-state index contributed by atoms with van der Waals surface area (Å²) >= 11 is 0. The van der Waals surface area contributed by atoms with E-state index >= 15 is 0 Å². The van der Waals surface area contributed by atoms with Gasteiger partial charge in [-0.15, -0.1) is 0 Å². The third-order valence-electron chi connectivity index (χ3n) is 10.8. The zero-order valence-electron chi connectivity index (χ0n) is 31.1. The zero-order chi connectivity index (χ0) is 35.6. The number of hydrogen-bond acceptors (Lipinski definition) is 3. The molecule has 50 heavy (non-hydrogen) atoms. The number of fused-ring (bicyclic) bond motifs is 7. The fraction of sp³-hybridized carbons (Fsp3) is 0.378. The number of nitrogens with two attached hydrogens (primary N) is 1. The third-order valence-corrected chi connectivity index (χ3v) is 11.7. The van der Waals surface area contributed by atoms with Crippen molar-refractivity contribution in [2.45, 2.75) is 106 Å². The Kier molecular flexibility index (Phi) is 10.9. The quantitative estimate of drug-likeness (QED) is 0.126. The van der Waals surface area contributed by atoms with Gasteiger partial charge in [0.25, 0.3) is 0 Å². The van der Waals surface area contributed by atoms with E-state index in [1.165, 1.54) is 27.9 Å². The van der Waals surface area contributed by atoms with E-state index in [1.54, 1.807) is 0 Å². The molecule has 2 aliphatic rings. The highest BCUT2D eigenvalue weighted by Gasteiger charge is 2.39. The van der Waals surface area contributed by atoms with Crippen molar-refractivity contribution in [1.82, 2.24) is 0 Å². The van der Waals surface area contributed by atoms with Gasteiger partial charge in [-0.3, -0.25) is 0 Å². The molecule has 4 nitrogen and oxygen atoms in total. The van der Waals surface area contributed by atoms with Gasteiger partial charge < -0.3 is 9.05 Å². The predicted molar refractivity (Wildman–Crippen MR) is 214 cm³/mol. The molecule has 3 atom stereocenters. The Hall–Kier alpha value is -3.85. The smallest absolute Gasteiger partial charge is 0.404 e. The van der Waals surface area contributed by atoms with Crippen LogP contribution in [-0.4, -0.2) is 0 Å². The third kappa shape index (κ3) is 6.54. The molecule has 0 aromatic heterocycles. The summed E-state index contributed by atoms with van der Waals surface area (Å²) in [5.74, 6) is 1.46. The minimum Gasteiger partial charge on any atom is -0.404 e. The molecule has 2 N–H and O–H groups in total. The Bertz CT molecular complexity index is 2090. The molecule has 5 heteroatoms. The molecule has 4 aromatic carbocycles. The van der Waals surface area contributed by atoms with Gasteiger partial charge in [0.05, 0.1) is 0 Å². The van der Waals surface area contributed by atoms with Crippen LogP contribution in [0.2, 0.25) is 0 Å². The second-order valence-corrected chi connectivity index (χ2v) is 15.2. The summed E-state index contributed by atoms with van der Waals surface area (Å²) in [6, 6.07) is 21.5. The average Bonchev–Trinajstić information content (AvgIpc) is 3.26. The van der Waals surface area contributed by atoms with Crippen LogP contribution in [0.5, 0.6) is 11.5 Å². The minimum atomic E-state index is -4.15. The molecule has 1 aliphatic heterocycles. The Balaban J connectivity index is 1.82. The molecule has 0 fully saturated rings. The number of allylic oxidation sites excluding steroid dienone is 8. The van der Waals surface area contributed by atoms with Crippen LogP contribution in [0.4, 0.5) is 0 Å². The molecule has 6 rings (SSSR count). The van der Waals surface area contributed by atoms with E-state index in [4.69, 9.17) is 14.6 Å². The van der Waals surface area contributed by atoms with E-state index in [9.17, 15) is 4.57 Å². The first-order chi connectivity index (χ1) is 24.2. The van der Waals surface area contributed by atoms with Crippen LogP contribution in [-0.2, 0) is 4.57 Å². The van der Waals surface area contributed by atoms with E-state index in [-0.39, 0.29) is 11.8 Å². The molecule has 3 unspecified atom stereocenters. The first kappa shape index (κ1) is 36.0. The molecule has 4 aromatic rings. The van der Waals surface area contributed by atoms with Gasteiger partial charge in [0.1, 0.15) is 11.5 Å². The Morgan fingerprint density at radius 2 is 1.42 bits per heavy atom. The maximum Gasteiger partial charge on any atom is 0.510 e. The van der Waals surface area contributed by atoms with Crippen molar-refractivity contribution < 1.29 is 13.6 Å². The summed E-state index contributed by atoms with van der Waals surface area (Å²) < 4.78 is 27.9. The van der Waals surface area contributed by atoms with Crippen LogP contribution in [0.1, 0.15) is 117 Å². The molecular weight excluding hydrogens is 633 g/mol. The lowest BCUT2D eigenvalue weighted by atomic mass is 9.72. The van der Waals surface area contributed by atoms with Gasteiger partial charge in [0, 0.05) is 28.2 Å². The van der Waals surface area contributed by atoms with Gasteiger partial charge in [-0.25, -0.2) is 10.1 Å². The van der Waals surface area contributed by atoms with Crippen LogP contribution in [0.25, 0.3) is 38.2 Å². The molecule has 0 bridgehead atoms. The minimum absolute atomic E-state index is 0.0561. The maximum atomic E-state index is 14.7. The second-order valence-electron chi connectivity index (χ2n) is 13.7. The first-order valence-corrected chi connectivity index (χ1v) is 20.6. The summed E-state index contributed by atoms with van der Waals surface area (Å²) in [5.41, 5.74) is 17.0. The van der Waals surface area contributed by atoms with Gasteiger partial charge in [-0.05, 0) is 95.7 Å². The second kappa shape index (κ2) is 15.2. The van der Waals surface area contributed by atoms with Gasteiger partial charge in [0.2, 0.25) is 0 Å². The van der Waals surface area contributed by atoms with Gasteiger partial charge in [0.15, 0.2) is 0 Å². The molecule has 0 radical (unpaired) electrons. The summed E-state index contributed by atoms with van der Waals surface area (Å²) in [5, 5.41) is 4.28. The SMILES string of the molecule is CCCC=C(CC)C(=C(CC)CC)c1cc2ccccc2c2c1OP(N)(=O)Oc1c(C3C(CC)=CC(CC)=CC3CC)cc3ccccc3c1-2. The number of rotatable bonds is 11. The van der Waals surface area contributed by atoms with Gasteiger partial charge >= 0.3 is 7.75 Å². The molecule has 1 aliphatic carbocycles. The average molecular weight is 688 g/mol. The van der Waals surface area contributed by atoms with Gasteiger partial charge in [-0.1, -0.05) is 138 Å². The lowest BCUT2D eigenvalue weighted by Gasteiger charge is -2.33. The summed E-state index contributed by atoms with van der Waals surface area (Å²) in [4.78, 5) is 0. The number of benzene rings is 4.